The number of benzene rings is 1. The Balaban J connectivity index is 2.12. The minimum atomic E-state index is -0.393. The number of hydrogen-bond donors (Lipinski definition) is 2. The molecule has 0 aliphatic carbocycles. The molecule has 0 bridgehead atoms. The van der Waals surface area contributed by atoms with Crippen LogP contribution in [0.2, 0.25) is 0 Å². The molecule has 1 aromatic heterocycles. The predicted molar refractivity (Wildman–Crippen MR) is 84.8 cm³/mol. The SMILES string of the molecule is Cc1ccccc1[C@H](CNC(=O)c1cncc(=O)[nH]1)N(C)C. The Hall–Kier alpha value is -2.47. The van der Waals surface area contributed by atoms with E-state index in [0.29, 0.717) is 6.54 Å². The molecular weight excluding hydrogens is 280 g/mol. The molecule has 1 atom stereocenters. The number of amides is 1. The van der Waals surface area contributed by atoms with Crippen molar-refractivity contribution >= 4 is 5.91 Å². The number of aromatic amines is 1. The molecule has 2 rings (SSSR count). The van der Waals surface area contributed by atoms with Crippen molar-refractivity contribution in [2.75, 3.05) is 20.6 Å². The Morgan fingerprint density at radius 3 is 2.68 bits per heavy atom. The number of likely N-dealkylation sites (N-methyl/N-ethyl adjacent to an activating group) is 1. The summed E-state index contributed by atoms with van der Waals surface area (Å²) >= 11 is 0. The molecule has 1 heterocycles. The van der Waals surface area contributed by atoms with E-state index in [4.69, 9.17) is 0 Å². The number of nitrogens with zero attached hydrogens (tertiary/aromatic N) is 2. The monoisotopic (exact) mass is 300 g/mol. The van der Waals surface area contributed by atoms with Crippen molar-refractivity contribution in [3.63, 3.8) is 0 Å². The van der Waals surface area contributed by atoms with Gasteiger partial charge in [0, 0.05) is 6.54 Å². The predicted octanol–water partition coefficient (Wildman–Crippen LogP) is 1.11. The highest BCUT2D eigenvalue weighted by molar-refractivity contribution is 5.91. The molecule has 116 valence electrons. The Kier molecular flexibility index (Phi) is 5.06. The van der Waals surface area contributed by atoms with Crippen molar-refractivity contribution in [1.82, 2.24) is 20.2 Å². The highest BCUT2D eigenvalue weighted by atomic mass is 16.2. The largest absolute Gasteiger partial charge is 0.349 e. The van der Waals surface area contributed by atoms with Gasteiger partial charge in [0.05, 0.1) is 18.4 Å². The van der Waals surface area contributed by atoms with Crippen molar-refractivity contribution < 1.29 is 4.79 Å². The molecule has 1 aromatic carbocycles. The number of carbonyl (C=O) groups is 1. The first-order chi connectivity index (χ1) is 10.5. The van der Waals surface area contributed by atoms with E-state index in [0.717, 1.165) is 11.8 Å². The Morgan fingerprint density at radius 1 is 1.32 bits per heavy atom. The zero-order chi connectivity index (χ0) is 16.1. The molecule has 2 N–H and O–H groups in total. The van der Waals surface area contributed by atoms with Crippen LogP contribution in [0.1, 0.15) is 27.7 Å². The summed E-state index contributed by atoms with van der Waals surface area (Å²) in [5.74, 6) is -0.342. The zero-order valence-corrected chi connectivity index (χ0v) is 13.0. The first kappa shape index (κ1) is 15.9. The van der Waals surface area contributed by atoms with Gasteiger partial charge in [-0.15, -0.1) is 0 Å². The molecule has 2 aromatic rings. The van der Waals surface area contributed by atoms with Gasteiger partial charge in [0.25, 0.3) is 11.5 Å². The van der Waals surface area contributed by atoms with Crippen LogP contribution in [0.5, 0.6) is 0 Å². The lowest BCUT2D eigenvalue weighted by Crippen LogP contribution is -2.35. The summed E-state index contributed by atoms with van der Waals surface area (Å²) in [7, 11) is 3.93. The highest BCUT2D eigenvalue weighted by Gasteiger charge is 2.17. The third kappa shape index (κ3) is 3.79. The average Bonchev–Trinajstić information content (AvgIpc) is 2.48. The lowest BCUT2D eigenvalue weighted by Gasteiger charge is -2.26. The minimum absolute atomic E-state index is 0.0496. The summed E-state index contributed by atoms with van der Waals surface area (Å²) in [6.07, 6.45) is 2.47. The molecule has 0 radical (unpaired) electrons. The molecule has 0 saturated heterocycles. The van der Waals surface area contributed by atoms with E-state index in [2.05, 4.69) is 26.3 Å². The molecule has 6 heteroatoms. The van der Waals surface area contributed by atoms with E-state index < -0.39 is 5.56 Å². The second-order valence-electron chi connectivity index (χ2n) is 5.36. The summed E-state index contributed by atoms with van der Waals surface area (Å²) in [5, 5.41) is 2.84. The van der Waals surface area contributed by atoms with Crippen LogP contribution < -0.4 is 10.9 Å². The second-order valence-corrected chi connectivity index (χ2v) is 5.36. The van der Waals surface area contributed by atoms with Crippen LogP contribution in [0.4, 0.5) is 0 Å². The molecule has 22 heavy (non-hydrogen) atoms. The third-order valence-electron chi connectivity index (χ3n) is 3.52. The van der Waals surface area contributed by atoms with Gasteiger partial charge in [-0.1, -0.05) is 24.3 Å². The molecule has 0 saturated carbocycles. The number of rotatable bonds is 5. The van der Waals surface area contributed by atoms with Crippen molar-refractivity contribution in [3.05, 3.63) is 63.8 Å². The molecule has 1 amide bonds. The lowest BCUT2D eigenvalue weighted by atomic mass is 10.0. The van der Waals surface area contributed by atoms with Crippen LogP contribution >= 0.6 is 0 Å². The highest BCUT2D eigenvalue weighted by Crippen LogP contribution is 2.20. The molecule has 0 aliphatic heterocycles. The van der Waals surface area contributed by atoms with Crippen molar-refractivity contribution in [2.45, 2.75) is 13.0 Å². The number of hydrogen-bond acceptors (Lipinski definition) is 4. The molecule has 0 aliphatic rings. The minimum Gasteiger partial charge on any atom is -0.349 e. The first-order valence-corrected chi connectivity index (χ1v) is 7.03. The topological polar surface area (TPSA) is 78.1 Å². The van der Waals surface area contributed by atoms with Crippen LogP contribution in [0, 0.1) is 6.92 Å². The van der Waals surface area contributed by atoms with Crippen LogP contribution in [-0.4, -0.2) is 41.4 Å². The van der Waals surface area contributed by atoms with Crippen molar-refractivity contribution in [1.29, 1.82) is 0 Å². The summed E-state index contributed by atoms with van der Waals surface area (Å²) in [5.41, 5.74) is 2.10. The smallest absolute Gasteiger partial charge is 0.269 e. The number of H-pyrrole nitrogens is 1. The van der Waals surface area contributed by atoms with Gasteiger partial charge in [-0.3, -0.25) is 14.6 Å². The van der Waals surface area contributed by atoms with Gasteiger partial charge in [0.1, 0.15) is 5.69 Å². The van der Waals surface area contributed by atoms with Crippen LogP contribution in [-0.2, 0) is 0 Å². The van der Waals surface area contributed by atoms with E-state index in [1.54, 1.807) is 0 Å². The third-order valence-corrected chi connectivity index (χ3v) is 3.52. The summed E-state index contributed by atoms with van der Waals surface area (Å²) < 4.78 is 0. The maximum absolute atomic E-state index is 12.1. The Morgan fingerprint density at radius 2 is 2.05 bits per heavy atom. The molecular formula is C16H20N4O2. The lowest BCUT2D eigenvalue weighted by molar-refractivity contribution is 0.0936. The fourth-order valence-corrected chi connectivity index (χ4v) is 2.31. The van der Waals surface area contributed by atoms with Crippen LogP contribution in [0.15, 0.2) is 41.5 Å². The molecule has 0 unspecified atom stereocenters. The van der Waals surface area contributed by atoms with E-state index in [1.165, 1.54) is 11.8 Å². The van der Waals surface area contributed by atoms with Crippen molar-refractivity contribution in [2.24, 2.45) is 0 Å². The zero-order valence-electron chi connectivity index (χ0n) is 13.0. The molecule has 6 nitrogen and oxygen atoms in total. The first-order valence-electron chi connectivity index (χ1n) is 7.03. The van der Waals surface area contributed by atoms with E-state index in [-0.39, 0.29) is 17.6 Å². The quantitative estimate of drug-likeness (QED) is 0.867. The summed E-state index contributed by atoms with van der Waals surface area (Å²) in [6, 6.07) is 8.13. The van der Waals surface area contributed by atoms with E-state index >= 15 is 0 Å². The fourth-order valence-electron chi connectivity index (χ4n) is 2.31. The van der Waals surface area contributed by atoms with Crippen LogP contribution in [0.25, 0.3) is 0 Å². The van der Waals surface area contributed by atoms with Crippen molar-refractivity contribution in [3.8, 4) is 0 Å². The van der Waals surface area contributed by atoms with Gasteiger partial charge < -0.3 is 15.2 Å². The molecule has 0 fully saturated rings. The number of aryl methyl sites for hydroxylation is 1. The standard InChI is InChI=1S/C16H20N4O2/c1-11-6-4-5-7-12(11)14(20(2)3)9-18-16(22)13-8-17-10-15(21)19-13/h4-8,10,14H,9H2,1-3H3,(H,18,22)(H,19,21)/t14-/m0/s1. The number of aromatic nitrogens is 2. The van der Waals surface area contributed by atoms with E-state index in [1.807, 2.05) is 39.2 Å². The van der Waals surface area contributed by atoms with Gasteiger partial charge in [-0.25, -0.2) is 0 Å². The van der Waals surface area contributed by atoms with Gasteiger partial charge >= 0.3 is 0 Å². The Labute approximate surface area is 129 Å². The summed E-state index contributed by atoms with van der Waals surface area (Å²) in [6.45, 7) is 2.49. The van der Waals surface area contributed by atoms with Gasteiger partial charge in [0.2, 0.25) is 0 Å². The number of carbonyl (C=O) groups excluding carboxylic acids is 1. The van der Waals surface area contributed by atoms with E-state index in [9.17, 15) is 9.59 Å². The second kappa shape index (κ2) is 7.00. The Bertz CT molecular complexity index is 709. The number of nitrogens with one attached hydrogen (secondary N) is 2. The normalized spacial score (nSPS) is 12.2. The maximum Gasteiger partial charge on any atom is 0.269 e. The van der Waals surface area contributed by atoms with Gasteiger partial charge in [0.15, 0.2) is 0 Å². The van der Waals surface area contributed by atoms with Gasteiger partial charge in [-0.05, 0) is 32.1 Å². The summed E-state index contributed by atoms with van der Waals surface area (Å²) in [4.78, 5) is 31.5. The van der Waals surface area contributed by atoms with Gasteiger partial charge in [-0.2, -0.15) is 0 Å². The average molecular weight is 300 g/mol. The van der Waals surface area contributed by atoms with Crippen LogP contribution in [0.3, 0.4) is 0 Å². The molecule has 0 spiro atoms. The fraction of sp³-hybridized carbons (Fsp3) is 0.312. The maximum atomic E-state index is 12.1.